The summed E-state index contributed by atoms with van der Waals surface area (Å²) in [6.45, 7) is 6.62. The van der Waals surface area contributed by atoms with Gasteiger partial charge in [0, 0.05) is 18.0 Å². The second kappa shape index (κ2) is 7.11. The van der Waals surface area contributed by atoms with E-state index in [0.717, 1.165) is 29.9 Å². The summed E-state index contributed by atoms with van der Waals surface area (Å²) in [5.74, 6) is 1.41. The normalized spacial score (nSPS) is 11.8. The largest absolute Gasteiger partial charge is 0.469 e. The van der Waals surface area contributed by atoms with Crippen molar-refractivity contribution in [1.29, 1.82) is 0 Å². The van der Waals surface area contributed by atoms with Crippen molar-refractivity contribution < 1.29 is 14.0 Å². The summed E-state index contributed by atoms with van der Waals surface area (Å²) in [5.41, 5.74) is 3.46. The minimum Gasteiger partial charge on any atom is -0.469 e. The molecule has 1 N–H and O–H groups in total. The molecule has 0 saturated carbocycles. The van der Waals surface area contributed by atoms with E-state index in [1.807, 2.05) is 40.9 Å². The number of aromatic nitrogens is 2. The zero-order valence-electron chi connectivity index (χ0n) is 14.8. The molecule has 3 aromatic heterocycles. The lowest BCUT2D eigenvalue weighted by molar-refractivity contribution is 0.0299. The molecule has 0 aliphatic heterocycles. The van der Waals surface area contributed by atoms with Crippen LogP contribution in [0.4, 0.5) is 0 Å². The van der Waals surface area contributed by atoms with Gasteiger partial charge in [-0.05, 0) is 30.7 Å². The molecule has 132 valence electrons. The van der Waals surface area contributed by atoms with Crippen molar-refractivity contribution in [2.24, 2.45) is 0 Å². The molecular weight excluding hydrogens is 318 g/mol. The standard InChI is InChI=1S/C19H23N3O3/c1-19(2,3)18-20-16(15-10-4-5-11-22(15)18)17(23)21-25-13-7-9-14-8-6-12-24-14/h4-6,8,10-12H,7,9,13H2,1-3H3,(H,21,23). The number of nitrogens with one attached hydrogen (secondary N) is 1. The Bertz CT molecular complexity index is 845. The third-order valence-corrected chi connectivity index (χ3v) is 3.85. The molecule has 0 bridgehead atoms. The molecule has 0 saturated heterocycles. The first-order valence-electron chi connectivity index (χ1n) is 8.39. The molecule has 0 fully saturated rings. The summed E-state index contributed by atoms with van der Waals surface area (Å²) in [4.78, 5) is 22.3. The van der Waals surface area contributed by atoms with E-state index in [2.05, 4.69) is 31.2 Å². The summed E-state index contributed by atoms with van der Waals surface area (Å²) < 4.78 is 7.21. The predicted octanol–water partition coefficient (Wildman–Crippen LogP) is 3.52. The van der Waals surface area contributed by atoms with Gasteiger partial charge in [0.15, 0.2) is 5.69 Å². The fourth-order valence-corrected chi connectivity index (χ4v) is 2.67. The number of rotatable bonds is 6. The van der Waals surface area contributed by atoms with Crippen LogP contribution in [0, 0.1) is 0 Å². The third kappa shape index (κ3) is 3.91. The van der Waals surface area contributed by atoms with E-state index < -0.39 is 0 Å². The topological polar surface area (TPSA) is 68.8 Å². The lowest BCUT2D eigenvalue weighted by atomic mass is 9.96. The van der Waals surface area contributed by atoms with E-state index in [4.69, 9.17) is 9.25 Å². The number of hydroxylamine groups is 1. The van der Waals surface area contributed by atoms with Crippen LogP contribution in [0.25, 0.3) is 5.52 Å². The number of imidazole rings is 1. The summed E-state index contributed by atoms with van der Waals surface area (Å²) >= 11 is 0. The molecule has 3 heterocycles. The minimum absolute atomic E-state index is 0.174. The van der Waals surface area contributed by atoms with Gasteiger partial charge in [-0.25, -0.2) is 10.5 Å². The Morgan fingerprint density at radius 3 is 2.84 bits per heavy atom. The van der Waals surface area contributed by atoms with Crippen LogP contribution in [-0.4, -0.2) is 21.9 Å². The highest BCUT2D eigenvalue weighted by Crippen LogP contribution is 2.24. The number of aryl methyl sites for hydroxylation is 1. The third-order valence-electron chi connectivity index (χ3n) is 3.85. The smallest absolute Gasteiger partial charge is 0.295 e. The fourth-order valence-electron chi connectivity index (χ4n) is 2.67. The number of furan rings is 1. The lowest BCUT2D eigenvalue weighted by Gasteiger charge is -2.16. The van der Waals surface area contributed by atoms with Crippen LogP contribution in [0.1, 0.15) is 49.3 Å². The zero-order valence-corrected chi connectivity index (χ0v) is 14.8. The maximum absolute atomic E-state index is 12.5. The van der Waals surface area contributed by atoms with Crippen molar-refractivity contribution in [2.75, 3.05) is 6.61 Å². The highest BCUT2D eigenvalue weighted by molar-refractivity contribution is 5.98. The number of pyridine rings is 1. The van der Waals surface area contributed by atoms with Crippen LogP contribution < -0.4 is 5.48 Å². The highest BCUT2D eigenvalue weighted by Gasteiger charge is 2.25. The summed E-state index contributed by atoms with van der Waals surface area (Å²) in [6.07, 6.45) is 5.09. The summed E-state index contributed by atoms with van der Waals surface area (Å²) in [7, 11) is 0. The van der Waals surface area contributed by atoms with Gasteiger partial charge in [0.2, 0.25) is 0 Å². The molecule has 6 heteroatoms. The average molecular weight is 341 g/mol. The average Bonchev–Trinajstić information content (AvgIpc) is 3.21. The SMILES string of the molecule is CC(C)(C)c1nc(C(=O)NOCCCc2ccco2)c2ccccn12. The first kappa shape index (κ1) is 17.2. The van der Waals surface area contributed by atoms with Gasteiger partial charge in [0.05, 0.1) is 18.4 Å². The van der Waals surface area contributed by atoms with Crippen LogP contribution in [0.5, 0.6) is 0 Å². The summed E-state index contributed by atoms with van der Waals surface area (Å²) in [5, 5.41) is 0. The van der Waals surface area contributed by atoms with Crippen molar-refractivity contribution in [1.82, 2.24) is 14.9 Å². The van der Waals surface area contributed by atoms with Crippen molar-refractivity contribution in [3.8, 4) is 0 Å². The fraction of sp³-hybridized carbons (Fsp3) is 0.368. The Hall–Kier alpha value is -2.60. The van der Waals surface area contributed by atoms with E-state index in [-0.39, 0.29) is 11.3 Å². The van der Waals surface area contributed by atoms with Gasteiger partial charge in [-0.3, -0.25) is 9.63 Å². The molecule has 0 unspecified atom stereocenters. The van der Waals surface area contributed by atoms with E-state index >= 15 is 0 Å². The van der Waals surface area contributed by atoms with Crippen LogP contribution in [0.3, 0.4) is 0 Å². The van der Waals surface area contributed by atoms with Crippen LogP contribution in [0.15, 0.2) is 47.2 Å². The first-order valence-corrected chi connectivity index (χ1v) is 8.39. The molecular formula is C19H23N3O3. The number of carbonyl (C=O) groups is 1. The number of hydrogen-bond donors (Lipinski definition) is 1. The Kier molecular flexibility index (Phi) is 4.90. The first-order chi connectivity index (χ1) is 12.0. The van der Waals surface area contributed by atoms with Gasteiger partial charge >= 0.3 is 0 Å². The molecule has 25 heavy (non-hydrogen) atoms. The molecule has 6 nitrogen and oxygen atoms in total. The van der Waals surface area contributed by atoms with Crippen molar-refractivity contribution in [3.05, 3.63) is 60.1 Å². The van der Waals surface area contributed by atoms with Gasteiger partial charge in [-0.2, -0.15) is 0 Å². The van der Waals surface area contributed by atoms with Gasteiger partial charge in [-0.1, -0.05) is 26.8 Å². The quantitative estimate of drug-likeness (QED) is 0.550. The van der Waals surface area contributed by atoms with E-state index in [1.165, 1.54) is 0 Å². The number of nitrogens with zero attached hydrogens (tertiary/aromatic N) is 2. The second-order valence-corrected chi connectivity index (χ2v) is 6.95. The second-order valence-electron chi connectivity index (χ2n) is 6.95. The Morgan fingerprint density at radius 2 is 2.12 bits per heavy atom. The maximum Gasteiger partial charge on any atom is 0.295 e. The molecule has 3 rings (SSSR count). The van der Waals surface area contributed by atoms with Crippen molar-refractivity contribution in [3.63, 3.8) is 0 Å². The number of hydrogen-bond acceptors (Lipinski definition) is 4. The van der Waals surface area contributed by atoms with E-state index in [1.54, 1.807) is 6.26 Å². The van der Waals surface area contributed by atoms with Gasteiger partial charge < -0.3 is 8.82 Å². The van der Waals surface area contributed by atoms with Crippen LogP contribution >= 0.6 is 0 Å². The molecule has 0 atom stereocenters. The van der Waals surface area contributed by atoms with Gasteiger partial charge in [0.1, 0.15) is 11.6 Å². The Morgan fingerprint density at radius 1 is 1.28 bits per heavy atom. The zero-order chi connectivity index (χ0) is 17.9. The monoisotopic (exact) mass is 341 g/mol. The predicted molar refractivity (Wildman–Crippen MR) is 94.3 cm³/mol. The van der Waals surface area contributed by atoms with Crippen LogP contribution in [-0.2, 0) is 16.7 Å². The Balaban J connectivity index is 1.64. The summed E-state index contributed by atoms with van der Waals surface area (Å²) in [6, 6.07) is 9.48. The van der Waals surface area contributed by atoms with Gasteiger partial charge in [0.25, 0.3) is 5.91 Å². The van der Waals surface area contributed by atoms with Crippen molar-refractivity contribution >= 4 is 11.4 Å². The minimum atomic E-state index is -0.336. The maximum atomic E-state index is 12.5. The number of carbonyl (C=O) groups excluding carboxylic acids is 1. The Labute approximate surface area is 146 Å². The van der Waals surface area contributed by atoms with Crippen LogP contribution in [0.2, 0.25) is 0 Å². The highest BCUT2D eigenvalue weighted by atomic mass is 16.6. The van der Waals surface area contributed by atoms with Crippen molar-refractivity contribution in [2.45, 2.75) is 39.0 Å². The molecule has 0 radical (unpaired) electrons. The molecule has 0 aliphatic carbocycles. The van der Waals surface area contributed by atoms with Gasteiger partial charge in [-0.15, -0.1) is 0 Å². The van der Waals surface area contributed by atoms with E-state index in [0.29, 0.717) is 12.3 Å². The number of amides is 1. The molecule has 3 aromatic rings. The molecule has 0 aromatic carbocycles. The lowest BCUT2D eigenvalue weighted by Crippen LogP contribution is -2.25. The number of fused-ring (bicyclic) bond motifs is 1. The van der Waals surface area contributed by atoms with E-state index in [9.17, 15) is 4.79 Å². The molecule has 1 amide bonds. The molecule has 0 aliphatic rings. The molecule has 0 spiro atoms.